The van der Waals surface area contributed by atoms with Gasteiger partial charge < -0.3 is 19.7 Å². The van der Waals surface area contributed by atoms with E-state index < -0.39 is 35.2 Å². The summed E-state index contributed by atoms with van der Waals surface area (Å²) in [6, 6.07) is 10.2. The van der Waals surface area contributed by atoms with Gasteiger partial charge >= 0.3 is 0 Å². The van der Waals surface area contributed by atoms with Gasteiger partial charge in [0.1, 0.15) is 23.9 Å². The van der Waals surface area contributed by atoms with E-state index in [1.165, 1.54) is 11.0 Å². The number of ether oxygens (including phenoxy) is 2. The van der Waals surface area contributed by atoms with Crippen LogP contribution in [-0.4, -0.2) is 42.5 Å². The van der Waals surface area contributed by atoms with Crippen LogP contribution in [0.3, 0.4) is 0 Å². The molecule has 0 aromatic heterocycles. The molecule has 1 heterocycles. The van der Waals surface area contributed by atoms with Crippen LogP contribution in [0.5, 0.6) is 11.5 Å². The zero-order chi connectivity index (χ0) is 19.4. The van der Waals surface area contributed by atoms with Crippen molar-refractivity contribution in [2.75, 3.05) is 25.0 Å². The third-order valence-corrected chi connectivity index (χ3v) is 4.04. The number of anilines is 1. The second kappa shape index (κ2) is 8.03. The molecule has 0 fully saturated rings. The summed E-state index contributed by atoms with van der Waals surface area (Å²) in [5.41, 5.74) is -0.544. The highest BCUT2D eigenvalue weighted by Gasteiger charge is 2.31. The summed E-state index contributed by atoms with van der Waals surface area (Å²) in [5.74, 6) is -1.97. The number of fused-ring (bicyclic) bond motifs is 1. The summed E-state index contributed by atoms with van der Waals surface area (Å²) in [7, 11) is 0. The third-order valence-electron chi connectivity index (χ3n) is 4.04. The molecule has 0 saturated carbocycles. The Morgan fingerprint density at radius 2 is 1.78 bits per heavy atom. The lowest BCUT2D eigenvalue weighted by atomic mass is 10.2. The molecule has 6 nitrogen and oxygen atoms in total. The van der Waals surface area contributed by atoms with Crippen LogP contribution in [0.25, 0.3) is 0 Å². The van der Waals surface area contributed by atoms with Crippen LogP contribution in [0, 0.1) is 11.6 Å². The highest BCUT2D eigenvalue weighted by molar-refractivity contribution is 5.95. The van der Waals surface area contributed by atoms with Gasteiger partial charge in [0.2, 0.25) is 12.0 Å². The topological polar surface area (TPSA) is 67.9 Å². The predicted molar refractivity (Wildman–Crippen MR) is 93.6 cm³/mol. The Morgan fingerprint density at radius 1 is 1.11 bits per heavy atom. The number of carbonyl (C=O) groups excluding carboxylic acids is 2. The molecule has 3 rings (SSSR count). The van der Waals surface area contributed by atoms with Gasteiger partial charge in [-0.1, -0.05) is 18.2 Å². The van der Waals surface area contributed by atoms with Crippen LogP contribution in [0.1, 0.15) is 6.92 Å². The van der Waals surface area contributed by atoms with E-state index in [2.05, 4.69) is 5.32 Å². The van der Waals surface area contributed by atoms with Crippen molar-refractivity contribution in [2.24, 2.45) is 0 Å². The second-order valence-corrected chi connectivity index (χ2v) is 5.86. The van der Waals surface area contributed by atoms with E-state index in [1.54, 1.807) is 31.2 Å². The van der Waals surface area contributed by atoms with Gasteiger partial charge in [0, 0.05) is 6.54 Å². The first kappa shape index (κ1) is 18.6. The number of hydrogen-bond donors (Lipinski definition) is 1. The smallest absolute Gasteiger partial charge is 0.267 e. The highest BCUT2D eigenvalue weighted by Crippen LogP contribution is 2.31. The number of hydrogen-bond acceptors (Lipinski definition) is 4. The number of amides is 2. The lowest BCUT2D eigenvalue weighted by molar-refractivity contribution is -0.143. The highest BCUT2D eigenvalue weighted by atomic mass is 19.1. The van der Waals surface area contributed by atoms with E-state index in [1.807, 2.05) is 0 Å². The Hall–Kier alpha value is -3.16. The van der Waals surface area contributed by atoms with Crippen molar-refractivity contribution < 1.29 is 27.8 Å². The van der Waals surface area contributed by atoms with E-state index in [0.717, 1.165) is 12.1 Å². The van der Waals surface area contributed by atoms with Crippen LogP contribution >= 0.6 is 0 Å². The maximum absolute atomic E-state index is 13.6. The molecular formula is C19H18F2N2O4. The zero-order valence-corrected chi connectivity index (χ0v) is 14.6. The molecule has 0 radical (unpaired) electrons. The van der Waals surface area contributed by atoms with Crippen LogP contribution in [-0.2, 0) is 9.59 Å². The standard InChI is InChI=1S/C19H18F2N2O4/c1-2-23(10-17(24)22-18-12(20)6-5-7-13(18)21)19(25)16-11-26-14-8-3-4-9-15(14)27-16/h3-9,16H,2,10-11H2,1H3,(H,22,24)/t16-/m0/s1. The number of likely N-dealkylation sites (N-methyl/N-ethyl adjacent to an activating group) is 1. The van der Waals surface area contributed by atoms with Crippen LogP contribution < -0.4 is 14.8 Å². The predicted octanol–water partition coefficient (Wildman–Crippen LogP) is 2.59. The molecule has 1 N–H and O–H groups in total. The van der Waals surface area contributed by atoms with E-state index in [4.69, 9.17) is 9.47 Å². The molecule has 0 spiro atoms. The quantitative estimate of drug-likeness (QED) is 0.871. The number of benzene rings is 2. The number of nitrogens with one attached hydrogen (secondary N) is 1. The van der Waals surface area contributed by atoms with Crippen molar-refractivity contribution >= 4 is 17.5 Å². The molecule has 8 heteroatoms. The Bertz CT molecular complexity index is 839. The molecule has 1 atom stereocenters. The first-order valence-electron chi connectivity index (χ1n) is 8.40. The van der Waals surface area contributed by atoms with Crippen molar-refractivity contribution in [3.63, 3.8) is 0 Å². The van der Waals surface area contributed by atoms with Gasteiger partial charge in [-0.05, 0) is 31.2 Å². The number of halogens is 2. The number of carbonyl (C=O) groups is 2. The van der Waals surface area contributed by atoms with Crippen LogP contribution in [0.2, 0.25) is 0 Å². The van der Waals surface area contributed by atoms with Gasteiger partial charge in [0.15, 0.2) is 11.5 Å². The van der Waals surface area contributed by atoms with E-state index in [9.17, 15) is 18.4 Å². The van der Waals surface area contributed by atoms with E-state index >= 15 is 0 Å². The Morgan fingerprint density at radius 3 is 2.44 bits per heavy atom. The summed E-state index contributed by atoms with van der Waals surface area (Å²) >= 11 is 0. The number of para-hydroxylation sites is 3. The Balaban J connectivity index is 1.65. The van der Waals surface area contributed by atoms with Crippen molar-refractivity contribution in [1.29, 1.82) is 0 Å². The Labute approximate surface area is 154 Å². The minimum atomic E-state index is -0.905. The van der Waals surface area contributed by atoms with Gasteiger partial charge in [0.25, 0.3) is 5.91 Å². The SMILES string of the molecule is CCN(CC(=O)Nc1c(F)cccc1F)C(=O)[C@@H]1COc2ccccc2O1. The second-order valence-electron chi connectivity index (χ2n) is 5.86. The maximum atomic E-state index is 13.6. The fourth-order valence-electron chi connectivity index (χ4n) is 2.66. The summed E-state index contributed by atoms with van der Waals surface area (Å²) in [6.45, 7) is 1.54. The Kier molecular flexibility index (Phi) is 5.54. The van der Waals surface area contributed by atoms with Crippen LogP contribution in [0.15, 0.2) is 42.5 Å². The zero-order valence-electron chi connectivity index (χ0n) is 14.6. The molecule has 2 aromatic rings. The van der Waals surface area contributed by atoms with Crippen molar-refractivity contribution in [3.8, 4) is 11.5 Å². The monoisotopic (exact) mass is 376 g/mol. The molecule has 1 aliphatic heterocycles. The first-order chi connectivity index (χ1) is 13.0. The van der Waals surface area contributed by atoms with Crippen molar-refractivity contribution in [3.05, 3.63) is 54.1 Å². The molecule has 2 amide bonds. The number of rotatable bonds is 5. The average molecular weight is 376 g/mol. The number of nitrogens with zero attached hydrogens (tertiary/aromatic N) is 1. The van der Waals surface area contributed by atoms with Crippen molar-refractivity contribution in [2.45, 2.75) is 13.0 Å². The van der Waals surface area contributed by atoms with Gasteiger partial charge in [-0.15, -0.1) is 0 Å². The van der Waals surface area contributed by atoms with Crippen molar-refractivity contribution in [1.82, 2.24) is 4.90 Å². The molecular weight excluding hydrogens is 358 g/mol. The molecule has 142 valence electrons. The fraction of sp³-hybridized carbons (Fsp3) is 0.263. The summed E-state index contributed by atoms with van der Waals surface area (Å²) in [6.07, 6.45) is -0.905. The fourth-order valence-corrected chi connectivity index (χ4v) is 2.66. The van der Waals surface area contributed by atoms with Gasteiger partial charge in [0.05, 0.1) is 6.54 Å². The maximum Gasteiger partial charge on any atom is 0.267 e. The normalized spacial score (nSPS) is 15.1. The molecule has 2 aromatic carbocycles. The minimum Gasteiger partial charge on any atom is -0.485 e. The van der Waals surface area contributed by atoms with Gasteiger partial charge in [-0.2, -0.15) is 0 Å². The summed E-state index contributed by atoms with van der Waals surface area (Å²) in [5, 5.41) is 2.16. The summed E-state index contributed by atoms with van der Waals surface area (Å²) < 4.78 is 38.5. The first-order valence-corrected chi connectivity index (χ1v) is 8.40. The van der Waals surface area contributed by atoms with Gasteiger partial charge in [-0.25, -0.2) is 8.78 Å². The summed E-state index contributed by atoms with van der Waals surface area (Å²) in [4.78, 5) is 26.0. The van der Waals surface area contributed by atoms with Crippen LogP contribution in [0.4, 0.5) is 14.5 Å². The molecule has 0 saturated heterocycles. The third kappa shape index (κ3) is 4.16. The molecule has 0 unspecified atom stereocenters. The lowest BCUT2D eigenvalue weighted by Crippen LogP contribution is -2.48. The molecule has 27 heavy (non-hydrogen) atoms. The van der Waals surface area contributed by atoms with E-state index in [0.29, 0.717) is 11.5 Å². The average Bonchev–Trinajstić information content (AvgIpc) is 2.68. The molecule has 0 aliphatic carbocycles. The van der Waals surface area contributed by atoms with E-state index in [-0.39, 0.29) is 19.7 Å². The lowest BCUT2D eigenvalue weighted by Gasteiger charge is -2.29. The molecule has 0 bridgehead atoms. The molecule has 1 aliphatic rings. The largest absolute Gasteiger partial charge is 0.485 e. The van der Waals surface area contributed by atoms with Gasteiger partial charge in [-0.3, -0.25) is 9.59 Å². The minimum absolute atomic E-state index is 0.00983.